The third-order valence-electron chi connectivity index (χ3n) is 2.71. The minimum atomic E-state index is -4.03. The normalized spacial score (nSPS) is 11.9. The highest BCUT2D eigenvalue weighted by Gasteiger charge is 2.26. The van der Waals surface area contributed by atoms with E-state index in [9.17, 15) is 12.8 Å². The zero-order chi connectivity index (χ0) is 15.6. The van der Waals surface area contributed by atoms with Crippen molar-refractivity contribution in [3.8, 4) is 0 Å². The molecule has 2 aromatic rings. The number of benzene rings is 1. The maximum absolute atomic E-state index is 13.6. The van der Waals surface area contributed by atoms with Crippen LogP contribution in [0.25, 0.3) is 0 Å². The van der Waals surface area contributed by atoms with E-state index < -0.39 is 20.9 Å². The van der Waals surface area contributed by atoms with Gasteiger partial charge in [0.15, 0.2) is 5.82 Å². The SMILES string of the molecule is CN(Cc1cc(Cl)cc(Cl)c1)S(=O)(=O)c1ncccc1F. The van der Waals surface area contributed by atoms with Gasteiger partial charge in [-0.05, 0) is 35.9 Å². The Balaban J connectivity index is 2.31. The molecule has 0 amide bonds. The molecule has 0 fully saturated rings. The van der Waals surface area contributed by atoms with Crippen molar-refractivity contribution in [1.29, 1.82) is 0 Å². The molecule has 0 N–H and O–H groups in total. The summed E-state index contributed by atoms with van der Waals surface area (Å²) >= 11 is 11.7. The van der Waals surface area contributed by atoms with Gasteiger partial charge in [0, 0.05) is 29.8 Å². The molecule has 0 saturated heterocycles. The number of rotatable bonds is 4. The van der Waals surface area contributed by atoms with Crippen LogP contribution in [0.1, 0.15) is 5.56 Å². The van der Waals surface area contributed by atoms with Gasteiger partial charge in [-0.3, -0.25) is 0 Å². The first kappa shape index (κ1) is 16.2. The Labute approximate surface area is 132 Å². The average molecular weight is 349 g/mol. The van der Waals surface area contributed by atoms with Crippen molar-refractivity contribution in [3.05, 3.63) is 58.0 Å². The van der Waals surface area contributed by atoms with Crippen molar-refractivity contribution in [2.24, 2.45) is 0 Å². The number of halogens is 3. The summed E-state index contributed by atoms with van der Waals surface area (Å²) in [6, 6.07) is 7.09. The zero-order valence-corrected chi connectivity index (χ0v) is 13.3. The van der Waals surface area contributed by atoms with Crippen LogP contribution >= 0.6 is 23.2 Å². The Kier molecular flexibility index (Phi) is 4.83. The molecule has 0 aliphatic carbocycles. The summed E-state index contributed by atoms with van der Waals surface area (Å²) in [7, 11) is -2.70. The molecule has 0 atom stereocenters. The molecular formula is C13H11Cl2FN2O2S. The summed E-state index contributed by atoms with van der Waals surface area (Å²) in [5, 5.41) is 0.181. The monoisotopic (exact) mass is 348 g/mol. The summed E-state index contributed by atoms with van der Waals surface area (Å²) in [5.74, 6) is -0.895. The standard InChI is InChI=1S/C13H11Cl2FN2O2S/c1-18(8-9-5-10(14)7-11(15)6-9)21(19,20)13-12(16)3-2-4-17-13/h2-7H,8H2,1H3. The molecule has 0 aliphatic rings. The number of aromatic nitrogens is 1. The predicted octanol–water partition coefficient (Wildman–Crippen LogP) is 3.35. The van der Waals surface area contributed by atoms with Crippen LogP contribution in [0.3, 0.4) is 0 Å². The maximum atomic E-state index is 13.6. The lowest BCUT2D eigenvalue weighted by Crippen LogP contribution is -2.28. The van der Waals surface area contributed by atoms with Crippen LogP contribution in [0, 0.1) is 5.82 Å². The molecule has 0 unspecified atom stereocenters. The molecule has 0 radical (unpaired) electrons. The van der Waals surface area contributed by atoms with Gasteiger partial charge in [0.2, 0.25) is 5.03 Å². The number of nitrogens with zero attached hydrogens (tertiary/aromatic N) is 2. The molecule has 4 nitrogen and oxygen atoms in total. The van der Waals surface area contributed by atoms with Crippen LogP contribution < -0.4 is 0 Å². The van der Waals surface area contributed by atoms with Gasteiger partial charge >= 0.3 is 0 Å². The van der Waals surface area contributed by atoms with Crippen molar-refractivity contribution >= 4 is 33.2 Å². The van der Waals surface area contributed by atoms with E-state index >= 15 is 0 Å². The van der Waals surface area contributed by atoms with Crippen molar-refractivity contribution in [3.63, 3.8) is 0 Å². The summed E-state index contributed by atoms with van der Waals surface area (Å²) in [4.78, 5) is 3.59. The topological polar surface area (TPSA) is 50.3 Å². The molecule has 112 valence electrons. The van der Waals surface area contributed by atoms with Gasteiger partial charge in [-0.25, -0.2) is 17.8 Å². The van der Waals surface area contributed by atoms with E-state index in [4.69, 9.17) is 23.2 Å². The van der Waals surface area contributed by atoms with Crippen molar-refractivity contribution in [1.82, 2.24) is 9.29 Å². The van der Waals surface area contributed by atoms with Crippen LogP contribution in [0.2, 0.25) is 10.0 Å². The highest BCUT2D eigenvalue weighted by Crippen LogP contribution is 2.22. The molecule has 2 rings (SSSR count). The van der Waals surface area contributed by atoms with Crippen LogP contribution in [0.15, 0.2) is 41.6 Å². The maximum Gasteiger partial charge on any atom is 0.263 e. The molecule has 1 aromatic carbocycles. The van der Waals surface area contributed by atoms with Crippen LogP contribution in [0.5, 0.6) is 0 Å². The first-order chi connectivity index (χ1) is 9.80. The van der Waals surface area contributed by atoms with Crippen molar-refractivity contribution in [2.75, 3.05) is 7.05 Å². The molecule has 0 bridgehead atoms. The minimum Gasteiger partial charge on any atom is -0.241 e. The second kappa shape index (κ2) is 6.27. The highest BCUT2D eigenvalue weighted by molar-refractivity contribution is 7.89. The largest absolute Gasteiger partial charge is 0.263 e. The Morgan fingerprint density at radius 1 is 1.24 bits per heavy atom. The Morgan fingerprint density at radius 2 is 1.86 bits per heavy atom. The summed E-state index contributed by atoms with van der Waals surface area (Å²) in [5.41, 5.74) is 0.593. The van der Waals surface area contributed by atoms with Gasteiger partial charge < -0.3 is 0 Å². The van der Waals surface area contributed by atoms with E-state index in [1.807, 2.05) is 0 Å². The second-order valence-corrected chi connectivity index (χ2v) is 7.16. The highest BCUT2D eigenvalue weighted by atomic mass is 35.5. The molecule has 21 heavy (non-hydrogen) atoms. The first-order valence-corrected chi connectivity index (χ1v) is 8.02. The average Bonchev–Trinajstić information content (AvgIpc) is 2.37. The second-order valence-electron chi connectivity index (χ2n) is 4.33. The van der Waals surface area contributed by atoms with Crippen LogP contribution in [-0.4, -0.2) is 24.8 Å². The third-order valence-corrected chi connectivity index (χ3v) is 4.88. The molecule has 0 aliphatic heterocycles. The van der Waals surface area contributed by atoms with E-state index in [2.05, 4.69) is 4.98 Å². The van der Waals surface area contributed by atoms with Crippen molar-refractivity contribution < 1.29 is 12.8 Å². The summed E-state index contributed by atoms with van der Waals surface area (Å²) in [6.07, 6.45) is 1.22. The Bertz CT molecular complexity index is 748. The van der Waals surface area contributed by atoms with Gasteiger partial charge in [0.25, 0.3) is 10.0 Å². The molecular weight excluding hydrogens is 338 g/mol. The van der Waals surface area contributed by atoms with Gasteiger partial charge in [0.05, 0.1) is 0 Å². The number of pyridine rings is 1. The zero-order valence-electron chi connectivity index (χ0n) is 10.9. The third kappa shape index (κ3) is 3.71. The van der Waals surface area contributed by atoms with E-state index in [-0.39, 0.29) is 6.54 Å². The molecule has 1 aromatic heterocycles. The van der Waals surface area contributed by atoms with Crippen LogP contribution in [-0.2, 0) is 16.6 Å². The first-order valence-electron chi connectivity index (χ1n) is 5.82. The lowest BCUT2D eigenvalue weighted by Gasteiger charge is -2.17. The van der Waals surface area contributed by atoms with Crippen molar-refractivity contribution in [2.45, 2.75) is 11.6 Å². The number of hydrogen-bond donors (Lipinski definition) is 0. The fourth-order valence-corrected chi connectivity index (χ4v) is 3.45. The van der Waals surface area contributed by atoms with E-state index in [1.54, 1.807) is 18.2 Å². The quantitative estimate of drug-likeness (QED) is 0.851. The van der Waals surface area contributed by atoms with E-state index in [1.165, 1.54) is 19.3 Å². The molecule has 1 heterocycles. The molecule has 0 spiro atoms. The predicted molar refractivity (Wildman–Crippen MR) is 79.3 cm³/mol. The smallest absolute Gasteiger partial charge is 0.241 e. The van der Waals surface area contributed by atoms with E-state index in [0.29, 0.717) is 15.6 Å². The van der Waals surface area contributed by atoms with Crippen LogP contribution in [0.4, 0.5) is 4.39 Å². The molecule has 8 heteroatoms. The fraction of sp³-hybridized carbons (Fsp3) is 0.154. The lowest BCUT2D eigenvalue weighted by molar-refractivity contribution is 0.454. The van der Waals surface area contributed by atoms with Gasteiger partial charge in [-0.15, -0.1) is 0 Å². The summed E-state index contributed by atoms with van der Waals surface area (Å²) < 4.78 is 39.2. The number of hydrogen-bond acceptors (Lipinski definition) is 3. The Morgan fingerprint density at radius 3 is 2.43 bits per heavy atom. The number of sulfonamides is 1. The minimum absolute atomic E-state index is 0.00136. The lowest BCUT2D eigenvalue weighted by atomic mass is 10.2. The van der Waals surface area contributed by atoms with Gasteiger partial charge in [0.1, 0.15) is 0 Å². The Hall–Kier alpha value is -1.21. The van der Waals surface area contributed by atoms with Gasteiger partial charge in [-0.2, -0.15) is 4.31 Å². The van der Waals surface area contributed by atoms with E-state index in [0.717, 1.165) is 10.4 Å². The van der Waals surface area contributed by atoms with Gasteiger partial charge in [-0.1, -0.05) is 23.2 Å². The molecule has 0 saturated carbocycles. The fourth-order valence-electron chi connectivity index (χ4n) is 1.75. The summed E-state index contributed by atoms with van der Waals surface area (Å²) in [6.45, 7) is -0.00136.